The van der Waals surface area contributed by atoms with Gasteiger partial charge in [-0.2, -0.15) is 10.5 Å². The molecule has 2 aliphatic carbocycles. The Hall–Kier alpha value is -3.79. The van der Waals surface area contributed by atoms with Gasteiger partial charge in [0.25, 0.3) is 0 Å². The fraction of sp³-hybridized carbons (Fsp3) is 0.370. The Morgan fingerprint density at radius 2 is 1.18 bits per heavy atom. The molecule has 4 unspecified atom stereocenters. The van der Waals surface area contributed by atoms with Crippen LogP contribution in [0.25, 0.3) is 0 Å². The van der Waals surface area contributed by atoms with Gasteiger partial charge in [-0.3, -0.25) is 0 Å². The van der Waals surface area contributed by atoms with Crippen LogP contribution in [-0.4, -0.2) is 42.5 Å². The summed E-state index contributed by atoms with van der Waals surface area (Å²) >= 11 is 12.2. The molecule has 0 aromatic heterocycles. The summed E-state index contributed by atoms with van der Waals surface area (Å²) in [5.41, 5.74) is -6.66. The third kappa shape index (κ3) is 4.03. The van der Waals surface area contributed by atoms with E-state index in [2.05, 4.69) is 12.1 Å². The molecule has 196 valence electrons. The number of nitrogens with zero attached hydrogens (tertiary/aromatic N) is 2. The van der Waals surface area contributed by atoms with Crippen molar-refractivity contribution >= 4 is 41.3 Å². The molecule has 0 radical (unpaired) electrons. The number of carbonyl (C=O) groups excluding carboxylic acids is 3. The molecule has 9 nitrogen and oxygen atoms in total. The van der Waals surface area contributed by atoms with Crippen molar-refractivity contribution in [3.05, 3.63) is 69.7 Å². The second kappa shape index (κ2) is 9.83. The zero-order chi connectivity index (χ0) is 27.8. The molecule has 0 amide bonds. The SMILES string of the molecule is CCOC(=O)C1(OC(=O)OC2(C(=O)OCC)CC2(C#N)c2cccc(Cl)c2)CC1(C#N)c1cccc(Cl)c1. The minimum atomic E-state index is -2.06. The Balaban J connectivity index is 1.70. The van der Waals surface area contributed by atoms with E-state index in [1.165, 1.54) is 12.1 Å². The van der Waals surface area contributed by atoms with Crippen LogP contribution in [0.2, 0.25) is 10.0 Å². The predicted octanol–water partition coefficient (Wildman–Crippen LogP) is 4.78. The maximum Gasteiger partial charge on any atom is 0.510 e. The molecule has 0 N–H and O–H groups in total. The van der Waals surface area contributed by atoms with Crippen molar-refractivity contribution in [2.24, 2.45) is 0 Å². The number of hydrogen-bond donors (Lipinski definition) is 0. The van der Waals surface area contributed by atoms with E-state index < -0.39 is 40.1 Å². The largest absolute Gasteiger partial charge is 0.510 e. The van der Waals surface area contributed by atoms with Gasteiger partial charge in [-0.25, -0.2) is 14.4 Å². The topological polar surface area (TPSA) is 136 Å². The van der Waals surface area contributed by atoms with E-state index in [-0.39, 0.29) is 26.1 Å². The fourth-order valence-electron chi connectivity index (χ4n) is 4.85. The number of carbonyl (C=O) groups is 3. The minimum absolute atomic E-state index is 0.0465. The van der Waals surface area contributed by atoms with Gasteiger partial charge >= 0.3 is 18.1 Å². The summed E-state index contributed by atoms with van der Waals surface area (Å²) in [5.74, 6) is -1.92. The summed E-state index contributed by atoms with van der Waals surface area (Å²) in [7, 11) is 0. The molecule has 4 rings (SSSR count). The van der Waals surface area contributed by atoms with Crippen LogP contribution in [0.3, 0.4) is 0 Å². The van der Waals surface area contributed by atoms with Crippen LogP contribution in [0.15, 0.2) is 48.5 Å². The van der Waals surface area contributed by atoms with E-state index in [0.29, 0.717) is 21.2 Å². The quantitative estimate of drug-likeness (QED) is 0.332. The van der Waals surface area contributed by atoms with E-state index >= 15 is 0 Å². The zero-order valence-corrected chi connectivity index (χ0v) is 22.0. The number of ether oxygens (including phenoxy) is 4. The predicted molar refractivity (Wildman–Crippen MR) is 133 cm³/mol. The highest BCUT2D eigenvalue weighted by molar-refractivity contribution is 6.31. The highest BCUT2D eigenvalue weighted by Crippen LogP contribution is 2.63. The Morgan fingerprint density at radius 1 is 0.789 bits per heavy atom. The second-order valence-electron chi connectivity index (χ2n) is 8.96. The second-order valence-corrected chi connectivity index (χ2v) is 9.83. The van der Waals surface area contributed by atoms with Crippen molar-refractivity contribution in [1.82, 2.24) is 0 Å². The van der Waals surface area contributed by atoms with Gasteiger partial charge in [0.05, 0.1) is 25.4 Å². The third-order valence-corrected chi connectivity index (χ3v) is 7.37. The third-order valence-electron chi connectivity index (χ3n) is 6.90. The number of esters is 2. The smallest absolute Gasteiger partial charge is 0.463 e. The average Bonchev–Trinajstić information content (AvgIpc) is 3.76. The summed E-state index contributed by atoms with van der Waals surface area (Å²) in [6.07, 6.45) is -1.89. The lowest BCUT2D eigenvalue weighted by Crippen LogP contribution is -2.43. The molecule has 0 saturated heterocycles. The van der Waals surface area contributed by atoms with Gasteiger partial charge in [0.15, 0.2) is 0 Å². The molecule has 2 aromatic rings. The number of halogens is 2. The van der Waals surface area contributed by atoms with Crippen LogP contribution in [0, 0.1) is 22.7 Å². The fourth-order valence-corrected chi connectivity index (χ4v) is 5.23. The van der Waals surface area contributed by atoms with Crippen molar-refractivity contribution < 1.29 is 33.3 Å². The lowest BCUT2D eigenvalue weighted by atomic mass is 9.93. The molecule has 0 aliphatic heterocycles. The summed E-state index contributed by atoms with van der Waals surface area (Å²) in [6, 6.07) is 16.6. The maximum absolute atomic E-state index is 13.2. The van der Waals surface area contributed by atoms with E-state index in [9.17, 15) is 24.9 Å². The van der Waals surface area contributed by atoms with Crippen LogP contribution >= 0.6 is 23.2 Å². The number of nitriles is 2. The van der Waals surface area contributed by atoms with E-state index in [1.54, 1.807) is 50.2 Å². The zero-order valence-electron chi connectivity index (χ0n) is 20.5. The Kier molecular flexibility index (Phi) is 7.05. The monoisotopic (exact) mass is 556 g/mol. The van der Waals surface area contributed by atoms with Crippen molar-refractivity contribution in [3.63, 3.8) is 0 Å². The molecule has 0 spiro atoms. The van der Waals surface area contributed by atoms with E-state index in [4.69, 9.17) is 42.1 Å². The summed E-state index contributed by atoms with van der Waals surface area (Å²) in [4.78, 5) is 39.4. The van der Waals surface area contributed by atoms with Gasteiger partial charge in [-0.1, -0.05) is 47.5 Å². The first-order valence-corrected chi connectivity index (χ1v) is 12.5. The van der Waals surface area contributed by atoms with E-state index in [0.717, 1.165) is 0 Å². The molecule has 4 atom stereocenters. The molecule has 0 bridgehead atoms. The molecule has 2 fully saturated rings. The highest BCUT2D eigenvalue weighted by Gasteiger charge is 2.82. The van der Waals surface area contributed by atoms with Gasteiger partial charge in [0.1, 0.15) is 10.8 Å². The van der Waals surface area contributed by atoms with Crippen LogP contribution in [0.1, 0.15) is 37.8 Å². The minimum Gasteiger partial charge on any atom is -0.463 e. The molecule has 0 heterocycles. The van der Waals surface area contributed by atoms with Gasteiger partial charge in [-0.05, 0) is 49.2 Å². The first-order valence-electron chi connectivity index (χ1n) is 11.7. The standard InChI is InChI=1S/C27H22Cl2N2O7/c1-3-35-21(32)26(13-24(26,15-30)17-7-5-9-19(28)11-17)37-23(34)38-27(22(33)36-4-2)14-25(27,16-31)18-8-6-10-20(29)12-18/h5-12H,3-4,13-14H2,1-2H3. The molecule has 2 aromatic carbocycles. The highest BCUT2D eigenvalue weighted by atomic mass is 35.5. The first-order chi connectivity index (χ1) is 18.1. The van der Waals surface area contributed by atoms with Crippen LogP contribution in [0.4, 0.5) is 4.79 Å². The maximum atomic E-state index is 13.2. The average molecular weight is 557 g/mol. The number of rotatable bonds is 8. The van der Waals surface area contributed by atoms with Gasteiger partial charge < -0.3 is 18.9 Å². The lowest BCUT2D eigenvalue weighted by molar-refractivity contribution is -0.164. The first kappa shape index (κ1) is 27.3. The van der Waals surface area contributed by atoms with Gasteiger partial charge in [0.2, 0.25) is 11.2 Å². The summed E-state index contributed by atoms with van der Waals surface area (Å²) in [5, 5.41) is 20.8. The van der Waals surface area contributed by atoms with Crippen molar-refractivity contribution in [2.75, 3.05) is 13.2 Å². The summed E-state index contributed by atoms with van der Waals surface area (Å²) in [6.45, 7) is 3.03. The molecule has 2 aliphatic rings. The molecule has 11 heteroatoms. The number of benzene rings is 2. The molecular formula is C27H22Cl2N2O7. The Morgan fingerprint density at radius 3 is 1.50 bits per heavy atom. The number of hydrogen-bond acceptors (Lipinski definition) is 9. The molecular weight excluding hydrogens is 535 g/mol. The lowest BCUT2D eigenvalue weighted by Gasteiger charge is -2.24. The molecule has 38 heavy (non-hydrogen) atoms. The van der Waals surface area contributed by atoms with Crippen molar-refractivity contribution in [1.29, 1.82) is 10.5 Å². The van der Waals surface area contributed by atoms with Gasteiger partial charge in [0, 0.05) is 22.9 Å². The van der Waals surface area contributed by atoms with E-state index in [1.807, 2.05) is 0 Å². The normalized spacial score (nSPS) is 28.7. The Labute approximate surface area is 228 Å². The van der Waals surface area contributed by atoms with Crippen LogP contribution in [-0.2, 0) is 39.4 Å². The van der Waals surface area contributed by atoms with Crippen LogP contribution in [0.5, 0.6) is 0 Å². The summed E-state index contributed by atoms with van der Waals surface area (Å²) < 4.78 is 21.3. The van der Waals surface area contributed by atoms with Crippen LogP contribution < -0.4 is 0 Å². The van der Waals surface area contributed by atoms with Gasteiger partial charge in [-0.15, -0.1) is 0 Å². The Bertz CT molecular complexity index is 1300. The molecule has 2 saturated carbocycles. The van der Waals surface area contributed by atoms with Crippen molar-refractivity contribution in [3.8, 4) is 12.1 Å². The van der Waals surface area contributed by atoms with Crippen molar-refractivity contribution in [2.45, 2.75) is 48.7 Å².